The van der Waals surface area contributed by atoms with Crippen molar-refractivity contribution in [2.45, 2.75) is 66.4 Å². The van der Waals surface area contributed by atoms with Gasteiger partial charge in [0, 0.05) is 20.4 Å². The van der Waals surface area contributed by atoms with E-state index in [-0.39, 0.29) is 11.9 Å². The highest BCUT2D eigenvalue weighted by molar-refractivity contribution is 5.72. The van der Waals surface area contributed by atoms with Crippen LogP contribution in [0.5, 0.6) is 0 Å². The number of hydrogen-bond donors (Lipinski definition) is 2. The van der Waals surface area contributed by atoms with Gasteiger partial charge in [0.1, 0.15) is 5.60 Å². The van der Waals surface area contributed by atoms with Gasteiger partial charge in [0.15, 0.2) is 0 Å². The molecule has 8 nitrogen and oxygen atoms in total. The Labute approximate surface area is 144 Å². The van der Waals surface area contributed by atoms with Crippen LogP contribution in [0.25, 0.3) is 0 Å². The van der Waals surface area contributed by atoms with Crippen LogP contribution in [0.2, 0.25) is 0 Å². The molecule has 0 aromatic rings. The summed E-state index contributed by atoms with van der Waals surface area (Å²) in [4.78, 5) is 36.5. The minimum atomic E-state index is -0.583. The summed E-state index contributed by atoms with van der Waals surface area (Å²) in [6.07, 6.45) is 2.06. The Bertz CT molecular complexity index is 366. The first-order valence-electron chi connectivity index (χ1n) is 8.07. The fraction of sp³-hybridized carbons (Fsp3) is 0.812. The number of ether oxygens (including phenoxy) is 2. The molecule has 0 unspecified atom stereocenters. The van der Waals surface area contributed by atoms with Crippen LogP contribution >= 0.6 is 0 Å². The van der Waals surface area contributed by atoms with Crippen LogP contribution in [-0.4, -0.2) is 43.3 Å². The van der Waals surface area contributed by atoms with Gasteiger partial charge in [0.05, 0.1) is 13.2 Å². The number of hydrogen-bond acceptors (Lipinski definition) is 6. The third-order valence-corrected chi connectivity index (χ3v) is 2.20. The van der Waals surface area contributed by atoms with Gasteiger partial charge in [-0.1, -0.05) is 0 Å². The molecule has 0 radical (unpaired) electrons. The zero-order valence-electron chi connectivity index (χ0n) is 15.7. The second kappa shape index (κ2) is 14.7. The number of nitrogens with one attached hydrogen (secondary N) is 2. The van der Waals surface area contributed by atoms with Gasteiger partial charge in [0.2, 0.25) is 5.91 Å². The molecule has 0 saturated carbocycles. The second-order valence-corrected chi connectivity index (χ2v) is 5.92. The molecule has 0 saturated heterocycles. The van der Waals surface area contributed by atoms with Crippen LogP contribution in [-0.2, 0) is 23.9 Å². The summed E-state index contributed by atoms with van der Waals surface area (Å²) in [6.45, 7) is 11.6. The lowest BCUT2D eigenvalue weighted by Crippen LogP contribution is -2.32. The van der Waals surface area contributed by atoms with Crippen LogP contribution in [0.15, 0.2) is 0 Å². The first-order chi connectivity index (χ1) is 11.1. The topological polar surface area (TPSA) is 103 Å². The molecule has 0 aliphatic rings. The highest BCUT2D eigenvalue weighted by Crippen LogP contribution is 2.06. The van der Waals surface area contributed by atoms with E-state index >= 15 is 0 Å². The van der Waals surface area contributed by atoms with Crippen LogP contribution in [0.1, 0.15) is 60.8 Å². The Balaban J connectivity index is 0. The predicted octanol–water partition coefficient (Wildman–Crippen LogP) is 2.32. The fourth-order valence-corrected chi connectivity index (χ4v) is 1.35. The lowest BCUT2D eigenvalue weighted by molar-refractivity contribution is -0.140. The van der Waals surface area contributed by atoms with E-state index in [0.29, 0.717) is 19.8 Å². The molecule has 0 fully saturated rings. The van der Waals surface area contributed by atoms with Gasteiger partial charge in [-0.2, -0.15) is 5.48 Å². The van der Waals surface area contributed by atoms with E-state index in [1.54, 1.807) is 27.7 Å². The maximum Gasteiger partial charge on any atom is 0.431 e. The van der Waals surface area contributed by atoms with Crippen molar-refractivity contribution < 1.29 is 28.7 Å². The molecule has 0 aliphatic heterocycles. The predicted molar refractivity (Wildman–Crippen MR) is 90.2 cm³/mol. The number of carbonyl (C=O) groups excluding carboxylic acids is 3. The van der Waals surface area contributed by atoms with Gasteiger partial charge in [-0.05, 0) is 47.0 Å². The minimum Gasteiger partial charge on any atom is -0.466 e. The monoisotopic (exact) mass is 348 g/mol. The number of amides is 2. The maximum atomic E-state index is 11.2. The molecule has 8 heteroatoms. The molecular weight excluding hydrogens is 316 g/mol. The van der Waals surface area contributed by atoms with Gasteiger partial charge in [0.25, 0.3) is 0 Å². The standard InChI is InChI=1S/C12H24N2O4.C4H8O2/c1-10(15)13-8-6-5-7-9-17-14-11(16)18-12(2,3)4;1-3-6-4(2)5/h5-9H2,1-4H3,(H,13,15)(H,14,16);3H2,1-2H3. The van der Waals surface area contributed by atoms with Crippen molar-refractivity contribution in [3.63, 3.8) is 0 Å². The molecule has 2 amide bonds. The summed E-state index contributed by atoms with van der Waals surface area (Å²) in [7, 11) is 0. The summed E-state index contributed by atoms with van der Waals surface area (Å²) >= 11 is 0. The molecule has 0 atom stereocenters. The zero-order chi connectivity index (χ0) is 19.0. The van der Waals surface area contributed by atoms with Crippen molar-refractivity contribution in [2.24, 2.45) is 0 Å². The summed E-state index contributed by atoms with van der Waals surface area (Å²) in [5.74, 6) is -0.227. The van der Waals surface area contributed by atoms with Crippen molar-refractivity contribution in [2.75, 3.05) is 19.8 Å². The van der Waals surface area contributed by atoms with Gasteiger partial charge in [-0.25, -0.2) is 4.79 Å². The van der Waals surface area contributed by atoms with E-state index in [9.17, 15) is 14.4 Å². The average molecular weight is 348 g/mol. The Morgan fingerprint density at radius 2 is 1.62 bits per heavy atom. The third-order valence-electron chi connectivity index (χ3n) is 2.20. The van der Waals surface area contributed by atoms with Crippen molar-refractivity contribution in [3.05, 3.63) is 0 Å². The van der Waals surface area contributed by atoms with E-state index < -0.39 is 11.7 Å². The molecule has 142 valence electrons. The Morgan fingerprint density at radius 1 is 1.00 bits per heavy atom. The number of hydroxylamine groups is 1. The number of unbranched alkanes of at least 4 members (excludes halogenated alkanes) is 2. The number of rotatable bonds is 8. The number of carbonyl (C=O) groups is 3. The first-order valence-corrected chi connectivity index (χ1v) is 8.07. The molecule has 0 aromatic carbocycles. The average Bonchev–Trinajstić information content (AvgIpc) is 2.40. The lowest BCUT2D eigenvalue weighted by atomic mass is 10.2. The second-order valence-electron chi connectivity index (χ2n) is 5.92. The third kappa shape index (κ3) is 25.1. The van der Waals surface area contributed by atoms with E-state index in [1.807, 2.05) is 0 Å². The Hall–Kier alpha value is -1.83. The van der Waals surface area contributed by atoms with Crippen molar-refractivity contribution in [1.29, 1.82) is 0 Å². The van der Waals surface area contributed by atoms with Crippen molar-refractivity contribution in [3.8, 4) is 0 Å². The van der Waals surface area contributed by atoms with Crippen LogP contribution in [0, 0.1) is 0 Å². The van der Waals surface area contributed by atoms with Crippen LogP contribution < -0.4 is 10.8 Å². The summed E-state index contributed by atoms with van der Waals surface area (Å²) in [5, 5.41) is 2.71. The fourth-order valence-electron chi connectivity index (χ4n) is 1.35. The van der Waals surface area contributed by atoms with E-state index in [0.717, 1.165) is 19.3 Å². The van der Waals surface area contributed by atoms with Crippen LogP contribution in [0.4, 0.5) is 4.79 Å². The largest absolute Gasteiger partial charge is 0.466 e. The SMILES string of the molecule is CC(=O)NCCCCCONC(=O)OC(C)(C)C.CCOC(C)=O. The van der Waals surface area contributed by atoms with Gasteiger partial charge in [-0.15, -0.1) is 0 Å². The summed E-state index contributed by atoms with van der Waals surface area (Å²) in [5.41, 5.74) is 1.70. The maximum absolute atomic E-state index is 11.2. The van der Waals surface area contributed by atoms with Gasteiger partial charge in [-0.3, -0.25) is 14.4 Å². The van der Waals surface area contributed by atoms with E-state index in [4.69, 9.17) is 9.57 Å². The van der Waals surface area contributed by atoms with E-state index in [1.165, 1.54) is 13.8 Å². The lowest BCUT2D eigenvalue weighted by Gasteiger charge is -2.19. The molecule has 0 heterocycles. The normalized spacial score (nSPS) is 10.1. The molecule has 0 bridgehead atoms. The summed E-state index contributed by atoms with van der Waals surface area (Å²) < 4.78 is 9.39. The molecular formula is C16H32N2O6. The quantitative estimate of drug-likeness (QED) is 0.396. The molecule has 0 aromatic heterocycles. The number of esters is 1. The van der Waals surface area contributed by atoms with E-state index in [2.05, 4.69) is 15.5 Å². The molecule has 0 aliphatic carbocycles. The van der Waals surface area contributed by atoms with Crippen molar-refractivity contribution in [1.82, 2.24) is 10.8 Å². The van der Waals surface area contributed by atoms with Crippen molar-refractivity contribution >= 4 is 18.0 Å². The van der Waals surface area contributed by atoms with Gasteiger partial charge < -0.3 is 14.8 Å². The molecule has 2 N–H and O–H groups in total. The molecule has 0 spiro atoms. The smallest absolute Gasteiger partial charge is 0.431 e. The zero-order valence-corrected chi connectivity index (χ0v) is 15.7. The van der Waals surface area contributed by atoms with Gasteiger partial charge >= 0.3 is 12.1 Å². The van der Waals surface area contributed by atoms with Crippen LogP contribution in [0.3, 0.4) is 0 Å². The molecule has 0 rings (SSSR count). The minimum absolute atomic E-state index is 0.0159. The Kier molecular flexibility index (Phi) is 15.0. The highest BCUT2D eigenvalue weighted by Gasteiger charge is 2.15. The summed E-state index contributed by atoms with van der Waals surface area (Å²) in [6, 6.07) is 0. The first kappa shape index (κ1) is 24.4. The Morgan fingerprint density at radius 3 is 2.04 bits per heavy atom. The molecule has 24 heavy (non-hydrogen) atoms. The highest BCUT2D eigenvalue weighted by atomic mass is 16.7.